The van der Waals surface area contributed by atoms with Crippen LogP contribution in [0.1, 0.15) is 34.8 Å². The molecule has 1 saturated carbocycles. The summed E-state index contributed by atoms with van der Waals surface area (Å²) < 4.78 is 0. The van der Waals surface area contributed by atoms with Gasteiger partial charge in [-0.1, -0.05) is 0 Å². The third-order valence-corrected chi connectivity index (χ3v) is 2.14. The Labute approximate surface area is 70.1 Å². The molecule has 0 aliphatic heterocycles. The van der Waals surface area contributed by atoms with Crippen molar-refractivity contribution in [3.05, 3.63) is 17.5 Å². The molecule has 1 aromatic heterocycles. The van der Waals surface area contributed by atoms with E-state index in [1.165, 1.54) is 0 Å². The summed E-state index contributed by atoms with van der Waals surface area (Å²) in [4.78, 5) is 11.2. The van der Waals surface area contributed by atoms with Crippen molar-refractivity contribution in [2.24, 2.45) is 5.73 Å². The molecule has 0 aromatic carbocycles. The molecule has 4 heteroatoms. The Morgan fingerprint density at radius 1 is 1.75 bits per heavy atom. The van der Waals surface area contributed by atoms with Gasteiger partial charge >= 0.3 is 0 Å². The van der Waals surface area contributed by atoms with E-state index in [0.29, 0.717) is 11.5 Å². The SMILES string of the molecule is NCC(=O)c1cn[nH]c1C1CC1. The molecule has 0 atom stereocenters. The van der Waals surface area contributed by atoms with E-state index < -0.39 is 0 Å². The number of nitrogens with two attached hydrogens (primary N) is 1. The van der Waals surface area contributed by atoms with Crippen LogP contribution in [0.15, 0.2) is 6.20 Å². The first-order valence-corrected chi connectivity index (χ1v) is 4.09. The highest BCUT2D eigenvalue weighted by Gasteiger charge is 2.29. The van der Waals surface area contributed by atoms with Crippen LogP contribution in [0.4, 0.5) is 0 Å². The number of aromatic amines is 1. The van der Waals surface area contributed by atoms with E-state index in [0.717, 1.165) is 18.5 Å². The molecule has 1 aromatic rings. The zero-order valence-corrected chi connectivity index (χ0v) is 6.71. The lowest BCUT2D eigenvalue weighted by Gasteiger charge is -1.96. The van der Waals surface area contributed by atoms with Crippen LogP contribution in [-0.2, 0) is 0 Å². The molecule has 1 aliphatic rings. The third kappa shape index (κ3) is 1.14. The predicted molar refractivity (Wildman–Crippen MR) is 43.9 cm³/mol. The first kappa shape index (κ1) is 7.49. The second-order valence-electron chi connectivity index (χ2n) is 3.10. The molecule has 0 bridgehead atoms. The summed E-state index contributed by atoms with van der Waals surface area (Å²) in [6, 6.07) is 0. The maximum absolute atomic E-state index is 11.2. The van der Waals surface area contributed by atoms with Crippen LogP contribution in [0.25, 0.3) is 0 Å². The third-order valence-electron chi connectivity index (χ3n) is 2.14. The van der Waals surface area contributed by atoms with Crippen molar-refractivity contribution in [2.45, 2.75) is 18.8 Å². The highest BCUT2D eigenvalue weighted by molar-refractivity contribution is 5.98. The number of hydrogen-bond donors (Lipinski definition) is 2. The fourth-order valence-electron chi connectivity index (χ4n) is 1.31. The number of aromatic nitrogens is 2. The van der Waals surface area contributed by atoms with Gasteiger partial charge in [-0.05, 0) is 12.8 Å². The normalized spacial score (nSPS) is 16.4. The number of hydrogen-bond acceptors (Lipinski definition) is 3. The summed E-state index contributed by atoms with van der Waals surface area (Å²) >= 11 is 0. The minimum absolute atomic E-state index is 0.0225. The topological polar surface area (TPSA) is 71.8 Å². The van der Waals surface area contributed by atoms with Crippen LogP contribution in [0.2, 0.25) is 0 Å². The van der Waals surface area contributed by atoms with Crippen molar-refractivity contribution in [1.82, 2.24) is 10.2 Å². The summed E-state index contributed by atoms with van der Waals surface area (Å²) in [7, 11) is 0. The lowest BCUT2D eigenvalue weighted by molar-refractivity contribution is 0.100. The second kappa shape index (κ2) is 2.71. The van der Waals surface area contributed by atoms with Gasteiger partial charge in [0.15, 0.2) is 5.78 Å². The Hall–Kier alpha value is -1.16. The van der Waals surface area contributed by atoms with Crippen LogP contribution < -0.4 is 5.73 Å². The molecular formula is C8H11N3O. The molecular weight excluding hydrogens is 154 g/mol. The number of nitrogens with one attached hydrogen (secondary N) is 1. The molecule has 4 nitrogen and oxygen atoms in total. The molecule has 0 spiro atoms. The van der Waals surface area contributed by atoms with Gasteiger partial charge in [-0.15, -0.1) is 0 Å². The zero-order chi connectivity index (χ0) is 8.55. The van der Waals surface area contributed by atoms with Crippen LogP contribution in [0.3, 0.4) is 0 Å². The van der Waals surface area contributed by atoms with E-state index in [2.05, 4.69) is 10.2 Å². The van der Waals surface area contributed by atoms with Crippen LogP contribution >= 0.6 is 0 Å². The highest BCUT2D eigenvalue weighted by atomic mass is 16.1. The smallest absolute Gasteiger partial charge is 0.179 e. The van der Waals surface area contributed by atoms with Crippen molar-refractivity contribution in [2.75, 3.05) is 6.54 Å². The molecule has 1 aliphatic carbocycles. The molecule has 0 radical (unpaired) electrons. The molecule has 1 heterocycles. The van der Waals surface area contributed by atoms with Gasteiger partial charge in [0.1, 0.15) is 0 Å². The molecule has 12 heavy (non-hydrogen) atoms. The quantitative estimate of drug-likeness (QED) is 0.638. The van der Waals surface area contributed by atoms with Gasteiger partial charge in [-0.25, -0.2) is 0 Å². The monoisotopic (exact) mass is 165 g/mol. The first-order chi connectivity index (χ1) is 5.83. The molecule has 3 N–H and O–H groups in total. The zero-order valence-electron chi connectivity index (χ0n) is 6.71. The first-order valence-electron chi connectivity index (χ1n) is 4.09. The van der Waals surface area contributed by atoms with E-state index in [1.54, 1.807) is 6.20 Å². The van der Waals surface area contributed by atoms with Gasteiger partial charge in [0.25, 0.3) is 0 Å². The molecule has 0 saturated heterocycles. The number of H-pyrrole nitrogens is 1. The number of carbonyl (C=O) groups excluding carboxylic acids is 1. The fourth-order valence-corrected chi connectivity index (χ4v) is 1.31. The number of nitrogens with zero attached hydrogens (tertiary/aromatic N) is 1. The van der Waals surface area contributed by atoms with Crippen molar-refractivity contribution in [3.8, 4) is 0 Å². The van der Waals surface area contributed by atoms with Crippen molar-refractivity contribution in [3.63, 3.8) is 0 Å². The van der Waals surface area contributed by atoms with Gasteiger partial charge < -0.3 is 5.73 Å². The summed E-state index contributed by atoms with van der Waals surface area (Å²) in [6.07, 6.45) is 3.89. The molecule has 0 unspecified atom stereocenters. The number of ketones is 1. The van der Waals surface area contributed by atoms with E-state index in [4.69, 9.17) is 5.73 Å². The van der Waals surface area contributed by atoms with Crippen molar-refractivity contribution >= 4 is 5.78 Å². The van der Waals surface area contributed by atoms with Gasteiger partial charge in [-0.2, -0.15) is 5.10 Å². The van der Waals surface area contributed by atoms with Crippen LogP contribution in [-0.4, -0.2) is 22.5 Å². The standard InChI is InChI=1S/C8H11N3O/c9-3-7(12)6-4-10-11-8(6)5-1-2-5/h4-5H,1-3,9H2,(H,10,11). The predicted octanol–water partition coefficient (Wildman–Crippen LogP) is 0.428. The van der Waals surface area contributed by atoms with Gasteiger partial charge in [0.2, 0.25) is 0 Å². The Balaban J connectivity index is 2.29. The lowest BCUT2D eigenvalue weighted by atomic mass is 10.1. The Kier molecular flexibility index (Phi) is 1.69. The maximum atomic E-state index is 11.2. The van der Waals surface area contributed by atoms with Gasteiger partial charge in [0, 0.05) is 11.6 Å². The Morgan fingerprint density at radius 2 is 2.50 bits per heavy atom. The minimum atomic E-state index is -0.0225. The summed E-state index contributed by atoms with van der Waals surface area (Å²) in [5.74, 6) is 0.503. The average molecular weight is 165 g/mol. The van der Waals surface area contributed by atoms with E-state index in [9.17, 15) is 4.79 Å². The molecule has 2 rings (SSSR count). The van der Waals surface area contributed by atoms with Crippen LogP contribution in [0.5, 0.6) is 0 Å². The number of Topliss-reactive ketones (excluding diaryl/α,β-unsaturated/α-hetero) is 1. The number of rotatable bonds is 3. The van der Waals surface area contributed by atoms with Gasteiger partial charge in [0.05, 0.1) is 18.3 Å². The highest BCUT2D eigenvalue weighted by Crippen LogP contribution is 2.40. The fraction of sp³-hybridized carbons (Fsp3) is 0.500. The van der Waals surface area contributed by atoms with Gasteiger partial charge in [-0.3, -0.25) is 9.89 Å². The Morgan fingerprint density at radius 3 is 3.08 bits per heavy atom. The second-order valence-corrected chi connectivity index (χ2v) is 3.10. The maximum Gasteiger partial charge on any atom is 0.179 e. The van der Waals surface area contributed by atoms with Crippen molar-refractivity contribution in [1.29, 1.82) is 0 Å². The van der Waals surface area contributed by atoms with E-state index >= 15 is 0 Å². The van der Waals surface area contributed by atoms with E-state index in [1.807, 2.05) is 0 Å². The lowest BCUT2D eigenvalue weighted by Crippen LogP contribution is -2.14. The average Bonchev–Trinajstić information content (AvgIpc) is 2.83. The van der Waals surface area contributed by atoms with E-state index in [-0.39, 0.29) is 12.3 Å². The van der Waals surface area contributed by atoms with Crippen LogP contribution in [0, 0.1) is 0 Å². The largest absolute Gasteiger partial charge is 0.324 e. The summed E-state index contributed by atoms with van der Waals surface area (Å²) in [5, 5.41) is 6.71. The van der Waals surface area contributed by atoms with Crippen molar-refractivity contribution < 1.29 is 4.79 Å². The summed E-state index contributed by atoms with van der Waals surface area (Å²) in [5.41, 5.74) is 6.92. The summed E-state index contributed by atoms with van der Waals surface area (Å²) in [6.45, 7) is 0.0687. The Bertz CT molecular complexity index is 301. The molecule has 0 amide bonds. The minimum Gasteiger partial charge on any atom is -0.324 e. The molecule has 64 valence electrons. The number of carbonyl (C=O) groups is 1. The molecule has 1 fully saturated rings.